The Balaban J connectivity index is 2.04. The normalized spacial score (nSPS) is 32.3. The van der Waals surface area contributed by atoms with E-state index < -0.39 is 14.4 Å². The third kappa shape index (κ3) is 2.67. The van der Waals surface area contributed by atoms with Crippen LogP contribution < -0.4 is 16.4 Å². The molecule has 0 aromatic rings. The zero-order valence-corrected chi connectivity index (χ0v) is 11.9. The molecule has 6 nitrogen and oxygen atoms in total. The van der Waals surface area contributed by atoms with Gasteiger partial charge in [-0.05, 0) is 32.2 Å². The molecule has 2 atom stereocenters. The van der Waals surface area contributed by atoms with E-state index in [1.165, 1.54) is 0 Å². The fraction of sp³-hybridized carbons (Fsp3) is 0.800. The molecular formula is C10H18N3O3S2-. The average Bonchev–Trinajstić information content (AvgIpc) is 2.62. The second-order valence-corrected chi connectivity index (χ2v) is 7.80. The van der Waals surface area contributed by atoms with Crippen molar-refractivity contribution in [2.24, 2.45) is 5.73 Å². The van der Waals surface area contributed by atoms with E-state index in [4.69, 9.17) is 5.73 Å². The van der Waals surface area contributed by atoms with Gasteiger partial charge in [0.05, 0.1) is 0 Å². The van der Waals surface area contributed by atoms with Crippen LogP contribution in [0.3, 0.4) is 0 Å². The minimum Gasteiger partial charge on any atom is -0.744 e. The molecule has 1 aliphatic heterocycles. The third-order valence-corrected chi connectivity index (χ3v) is 5.94. The molecule has 18 heavy (non-hydrogen) atoms. The summed E-state index contributed by atoms with van der Waals surface area (Å²) >= 11 is 0.947. The van der Waals surface area contributed by atoms with Crippen molar-refractivity contribution in [2.75, 3.05) is 6.54 Å². The first-order valence-corrected chi connectivity index (χ1v) is 8.25. The Morgan fingerprint density at radius 3 is 3.00 bits per heavy atom. The van der Waals surface area contributed by atoms with Crippen molar-refractivity contribution in [3.8, 4) is 0 Å². The number of thioether (sulfide) groups is 1. The van der Waals surface area contributed by atoms with Crippen molar-refractivity contribution in [3.63, 3.8) is 0 Å². The first-order chi connectivity index (χ1) is 8.36. The maximum absolute atomic E-state index is 11.1. The Morgan fingerprint density at radius 2 is 2.39 bits per heavy atom. The van der Waals surface area contributed by atoms with E-state index in [9.17, 15) is 13.0 Å². The van der Waals surface area contributed by atoms with Gasteiger partial charge in [-0.25, -0.2) is 8.42 Å². The van der Waals surface area contributed by atoms with Crippen LogP contribution in [0, 0.1) is 0 Å². The van der Waals surface area contributed by atoms with E-state index >= 15 is 0 Å². The smallest absolute Gasteiger partial charge is 0.231 e. The van der Waals surface area contributed by atoms with Gasteiger partial charge < -0.3 is 15.2 Å². The van der Waals surface area contributed by atoms with Gasteiger partial charge >= 0.3 is 0 Å². The Bertz CT molecular complexity index is 463. The minimum atomic E-state index is -4.58. The molecule has 0 spiro atoms. The highest BCUT2D eigenvalue weighted by molar-refractivity contribution is 8.15. The molecule has 0 radical (unpaired) electrons. The van der Waals surface area contributed by atoms with Crippen molar-refractivity contribution in [3.05, 3.63) is 10.6 Å². The molecule has 0 amide bonds. The molecule has 0 saturated carbocycles. The van der Waals surface area contributed by atoms with Crippen molar-refractivity contribution < 1.29 is 13.0 Å². The lowest BCUT2D eigenvalue weighted by Gasteiger charge is -2.27. The number of hydrogen-bond acceptors (Lipinski definition) is 7. The van der Waals surface area contributed by atoms with E-state index in [1.54, 1.807) is 0 Å². The van der Waals surface area contributed by atoms with Gasteiger partial charge in [0, 0.05) is 16.6 Å². The van der Waals surface area contributed by atoms with Crippen molar-refractivity contribution in [1.82, 2.24) is 10.6 Å². The second-order valence-electron chi connectivity index (χ2n) is 4.64. The van der Waals surface area contributed by atoms with Gasteiger partial charge in [-0.2, -0.15) is 0 Å². The standard InChI is InChI=1S/C10H19N3O3S2/c1-2-5-12-7-3-4-8-9(6-7)17-10(11,13-8)18(14,15)16/h7,12-13H,2-6,11H2,1H3,(H,14,15,16)/p-1. The van der Waals surface area contributed by atoms with E-state index in [0.29, 0.717) is 6.04 Å². The third-order valence-electron chi connectivity index (χ3n) is 3.17. The van der Waals surface area contributed by atoms with Crippen molar-refractivity contribution >= 4 is 21.9 Å². The van der Waals surface area contributed by atoms with Gasteiger partial charge in [-0.15, -0.1) is 0 Å². The highest BCUT2D eigenvalue weighted by Gasteiger charge is 2.43. The zero-order chi connectivity index (χ0) is 13.4. The molecule has 0 bridgehead atoms. The highest BCUT2D eigenvalue weighted by atomic mass is 32.3. The van der Waals surface area contributed by atoms with Crippen molar-refractivity contribution in [1.29, 1.82) is 0 Å². The van der Waals surface area contributed by atoms with E-state index in [-0.39, 0.29) is 0 Å². The number of nitrogens with two attached hydrogens (primary N) is 1. The van der Waals surface area contributed by atoms with Gasteiger partial charge in [-0.3, -0.25) is 5.73 Å². The van der Waals surface area contributed by atoms with Gasteiger partial charge in [-0.1, -0.05) is 18.7 Å². The van der Waals surface area contributed by atoms with E-state index in [1.807, 2.05) is 0 Å². The summed E-state index contributed by atoms with van der Waals surface area (Å²) in [5.41, 5.74) is 6.45. The quantitative estimate of drug-likeness (QED) is 0.635. The SMILES string of the molecule is CCCNC1CCC2=C(C1)SC(N)(S(=O)(=O)[O-])N2. The summed E-state index contributed by atoms with van der Waals surface area (Å²) in [4.78, 5) is 0.900. The Morgan fingerprint density at radius 1 is 1.67 bits per heavy atom. The highest BCUT2D eigenvalue weighted by Crippen LogP contribution is 2.44. The van der Waals surface area contributed by atoms with Crippen LogP contribution in [0.4, 0.5) is 0 Å². The molecule has 2 aliphatic rings. The van der Waals surface area contributed by atoms with Crippen LogP contribution in [-0.2, 0) is 10.1 Å². The predicted octanol–water partition coefficient (Wildman–Crippen LogP) is 0.202. The molecule has 0 fully saturated rings. The molecular weight excluding hydrogens is 274 g/mol. The van der Waals surface area contributed by atoms with Gasteiger partial charge in [0.2, 0.25) is 4.33 Å². The molecule has 2 rings (SSSR count). The lowest BCUT2D eigenvalue weighted by Crippen LogP contribution is -2.53. The van der Waals surface area contributed by atoms with Crippen LogP contribution >= 0.6 is 11.8 Å². The summed E-state index contributed by atoms with van der Waals surface area (Å²) in [5.74, 6) is 0. The number of rotatable bonds is 4. The molecule has 1 heterocycles. The topological polar surface area (TPSA) is 107 Å². The van der Waals surface area contributed by atoms with Crippen LogP contribution in [0.1, 0.15) is 32.6 Å². The largest absolute Gasteiger partial charge is 0.744 e. The van der Waals surface area contributed by atoms with Crippen LogP contribution in [-0.4, -0.2) is 29.9 Å². The maximum atomic E-state index is 11.1. The molecule has 0 aromatic carbocycles. The molecule has 4 N–H and O–H groups in total. The number of allylic oxidation sites excluding steroid dienone is 1. The predicted molar refractivity (Wildman–Crippen MR) is 70.3 cm³/mol. The molecule has 1 aliphatic carbocycles. The fourth-order valence-electron chi connectivity index (χ4n) is 2.20. The van der Waals surface area contributed by atoms with Crippen LogP contribution in [0.25, 0.3) is 0 Å². The van der Waals surface area contributed by atoms with Crippen molar-refractivity contribution in [2.45, 2.75) is 43.0 Å². The van der Waals surface area contributed by atoms with Crippen LogP contribution in [0.5, 0.6) is 0 Å². The maximum Gasteiger partial charge on any atom is 0.231 e. The number of nitrogens with one attached hydrogen (secondary N) is 2. The summed E-state index contributed by atoms with van der Waals surface area (Å²) in [6, 6.07) is 0.342. The Hall–Kier alpha value is -0.280. The molecule has 0 saturated heterocycles. The van der Waals surface area contributed by atoms with Crippen LogP contribution in [0.15, 0.2) is 10.6 Å². The van der Waals surface area contributed by atoms with E-state index in [2.05, 4.69) is 17.6 Å². The molecule has 2 unspecified atom stereocenters. The van der Waals surface area contributed by atoms with Gasteiger partial charge in [0.1, 0.15) is 10.1 Å². The summed E-state index contributed by atoms with van der Waals surface area (Å²) in [6.45, 7) is 3.04. The summed E-state index contributed by atoms with van der Waals surface area (Å²) < 4.78 is 31.5. The monoisotopic (exact) mass is 292 g/mol. The summed E-state index contributed by atoms with van der Waals surface area (Å²) in [6.07, 6.45) is 3.46. The molecule has 8 heteroatoms. The lowest BCUT2D eigenvalue weighted by molar-refractivity contribution is 0.426. The van der Waals surface area contributed by atoms with E-state index in [0.717, 1.165) is 54.6 Å². The zero-order valence-electron chi connectivity index (χ0n) is 10.2. The second kappa shape index (κ2) is 5.01. The first kappa shape index (κ1) is 14.1. The minimum absolute atomic E-state index is 0.342. The average molecular weight is 292 g/mol. The molecule has 104 valence electrons. The summed E-state index contributed by atoms with van der Waals surface area (Å²) in [7, 11) is -4.58. The fourth-order valence-corrected chi connectivity index (χ4v) is 4.26. The van der Waals surface area contributed by atoms with Crippen LogP contribution in [0.2, 0.25) is 0 Å². The van der Waals surface area contributed by atoms with Gasteiger partial charge in [0.25, 0.3) is 0 Å². The molecule has 0 aromatic heterocycles. The summed E-state index contributed by atoms with van der Waals surface area (Å²) in [5, 5.41) is 6.08. The van der Waals surface area contributed by atoms with Gasteiger partial charge in [0.15, 0.2) is 0 Å². The Labute approximate surface area is 112 Å². The first-order valence-electron chi connectivity index (χ1n) is 6.02. The number of hydrogen-bond donors (Lipinski definition) is 3. The lowest BCUT2D eigenvalue weighted by atomic mass is 9.99. The Kier molecular flexibility index (Phi) is 3.93.